The van der Waals surface area contributed by atoms with Crippen molar-refractivity contribution in [2.75, 3.05) is 0 Å². The molecule has 178 valence electrons. The van der Waals surface area contributed by atoms with Gasteiger partial charge in [-0.15, -0.1) is 0 Å². The molecule has 0 radical (unpaired) electrons. The first-order valence-electron chi connectivity index (χ1n) is 11.2. The highest BCUT2D eigenvalue weighted by Gasteiger charge is 2.37. The van der Waals surface area contributed by atoms with E-state index in [1.807, 2.05) is 91.0 Å². The molecule has 1 unspecified atom stereocenters. The molecule has 0 saturated heterocycles. The van der Waals surface area contributed by atoms with E-state index >= 15 is 0 Å². The zero-order chi connectivity index (χ0) is 25.1. The van der Waals surface area contributed by atoms with Gasteiger partial charge in [-0.2, -0.15) is 0 Å². The van der Waals surface area contributed by atoms with Gasteiger partial charge in [0, 0.05) is 23.9 Å². The molecule has 0 amide bonds. The fraction of sp³-hybridized carbons (Fsp3) is 0.0357. The van der Waals surface area contributed by atoms with Gasteiger partial charge in [0.1, 0.15) is 6.04 Å². The Kier molecular flexibility index (Phi) is 6.18. The molecular formula is C28H21N3O4S. The number of non-ortho nitro benzene ring substituents is 1. The quantitative estimate of drug-likeness (QED) is 0.249. The summed E-state index contributed by atoms with van der Waals surface area (Å²) in [4.78, 5) is 15.5. The van der Waals surface area contributed by atoms with Gasteiger partial charge in [-0.3, -0.25) is 14.4 Å². The number of nitrogens with zero attached hydrogens (tertiary/aromatic N) is 3. The number of hydrogen-bond donors (Lipinski definition) is 0. The third-order valence-corrected chi connectivity index (χ3v) is 7.62. The van der Waals surface area contributed by atoms with Crippen LogP contribution in [0.1, 0.15) is 22.7 Å². The Bertz CT molecular complexity index is 1550. The number of hydrogen-bond acceptors (Lipinski definition) is 5. The minimum atomic E-state index is -4.13. The molecule has 36 heavy (non-hydrogen) atoms. The third kappa shape index (κ3) is 4.42. The Labute approximate surface area is 208 Å². The van der Waals surface area contributed by atoms with Crippen molar-refractivity contribution in [1.29, 1.82) is 0 Å². The van der Waals surface area contributed by atoms with E-state index in [0.717, 1.165) is 16.7 Å². The van der Waals surface area contributed by atoms with Gasteiger partial charge in [0.05, 0.1) is 21.2 Å². The van der Waals surface area contributed by atoms with Crippen molar-refractivity contribution in [3.05, 3.63) is 148 Å². The standard InChI is InChI=1S/C28H21N3O4S/c32-31(33)24-16-18-25(19-17-24)36(34,35)30-20-26(21-10-4-1-5-11-21)29-27(22-12-6-2-7-13-22)28(30)23-14-8-3-9-15-23/h1-20,28H. The maximum atomic E-state index is 14.1. The predicted octanol–water partition coefficient (Wildman–Crippen LogP) is 5.83. The summed E-state index contributed by atoms with van der Waals surface area (Å²) in [6, 6.07) is 32.3. The minimum Gasteiger partial charge on any atom is -0.258 e. The summed E-state index contributed by atoms with van der Waals surface area (Å²) in [7, 11) is -4.13. The smallest absolute Gasteiger partial charge is 0.258 e. The summed E-state index contributed by atoms with van der Waals surface area (Å²) < 4.78 is 29.4. The SMILES string of the molecule is O=[N+]([O-])c1ccc(S(=O)(=O)N2C=C(c3ccccc3)N=C(c3ccccc3)C2c2ccccc2)cc1. The van der Waals surface area contributed by atoms with Crippen LogP contribution in [-0.2, 0) is 10.0 Å². The van der Waals surface area contributed by atoms with Crippen molar-refractivity contribution in [2.24, 2.45) is 4.99 Å². The summed E-state index contributed by atoms with van der Waals surface area (Å²) in [5.74, 6) is 0. The first-order valence-corrected chi connectivity index (χ1v) is 12.6. The van der Waals surface area contributed by atoms with E-state index in [1.54, 1.807) is 0 Å². The van der Waals surface area contributed by atoms with Gasteiger partial charge >= 0.3 is 0 Å². The maximum absolute atomic E-state index is 14.1. The lowest BCUT2D eigenvalue weighted by Crippen LogP contribution is -2.38. The van der Waals surface area contributed by atoms with Gasteiger partial charge in [-0.05, 0) is 23.3 Å². The largest absolute Gasteiger partial charge is 0.269 e. The highest BCUT2D eigenvalue weighted by molar-refractivity contribution is 7.89. The molecule has 0 aliphatic carbocycles. The molecule has 0 saturated carbocycles. The molecular weight excluding hydrogens is 474 g/mol. The molecule has 0 fully saturated rings. The first-order chi connectivity index (χ1) is 17.4. The second kappa shape index (κ2) is 9.59. The summed E-state index contributed by atoms with van der Waals surface area (Å²) in [6.45, 7) is 0. The van der Waals surface area contributed by atoms with Gasteiger partial charge in [0.2, 0.25) is 0 Å². The molecule has 4 aromatic carbocycles. The van der Waals surface area contributed by atoms with E-state index in [9.17, 15) is 18.5 Å². The molecule has 7 nitrogen and oxygen atoms in total. The van der Waals surface area contributed by atoms with E-state index in [4.69, 9.17) is 4.99 Å². The van der Waals surface area contributed by atoms with Crippen LogP contribution in [0.5, 0.6) is 0 Å². The maximum Gasteiger partial charge on any atom is 0.269 e. The van der Waals surface area contributed by atoms with Gasteiger partial charge < -0.3 is 0 Å². The summed E-state index contributed by atoms with van der Waals surface area (Å²) >= 11 is 0. The van der Waals surface area contributed by atoms with Crippen LogP contribution in [-0.4, -0.2) is 23.4 Å². The van der Waals surface area contributed by atoms with Gasteiger partial charge in [-0.1, -0.05) is 91.0 Å². The molecule has 4 aromatic rings. The van der Waals surface area contributed by atoms with Crippen molar-refractivity contribution >= 4 is 27.1 Å². The first kappa shape index (κ1) is 23.2. The number of nitro groups is 1. The van der Waals surface area contributed by atoms with Crippen molar-refractivity contribution in [1.82, 2.24) is 4.31 Å². The molecule has 0 bridgehead atoms. The van der Waals surface area contributed by atoms with Crippen molar-refractivity contribution < 1.29 is 13.3 Å². The molecule has 1 aliphatic rings. The average Bonchev–Trinajstić information content (AvgIpc) is 2.94. The van der Waals surface area contributed by atoms with E-state index < -0.39 is 21.0 Å². The lowest BCUT2D eigenvalue weighted by Gasteiger charge is -2.35. The van der Waals surface area contributed by atoms with Crippen LogP contribution in [0, 0.1) is 10.1 Å². The Hall–Kier alpha value is -4.56. The molecule has 0 spiro atoms. The van der Waals surface area contributed by atoms with Gasteiger partial charge in [-0.25, -0.2) is 13.4 Å². The summed E-state index contributed by atoms with van der Waals surface area (Å²) in [6.07, 6.45) is 1.54. The van der Waals surface area contributed by atoms with Gasteiger partial charge in [0.25, 0.3) is 15.7 Å². The van der Waals surface area contributed by atoms with E-state index in [0.29, 0.717) is 11.4 Å². The monoisotopic (exact) mass is 495 g/mol. The normalized spacial score (nSPS) is 15.7. The Morgan fingerprint density at radius 1 is 0.722 bits per heavy atom. The van der Waals surface area contributed by atoms with Crippen LogP contribution in [0.3, 0.4) is 0 Å². The minimum absolute atomic E-state index is 0.0491. The Morgan fingerprint density at radius 2 is 1.25 bits per heavy atom. The second-order valence-electron chi connectivity index (χ2n) is 8.14. The second-order valence-corrected chi connectivity index (χ2v) is 9.99. The number of sulfonamides is 1. The number of rotatable bonds is 6. The number of benzene rings is 4. The van der Waals surface area contributed by atoms with Crippen molar-refractivity contribution in [3.8, 4) is 0 Å². The summed E-state index contributed by atoms with van der Waals surface area (Å²) in [5.41, 5.74) is 3.19. The van der Waals surface area contributed by atoms with Crippen LogP contribution < -0.4 is 0 Å². The lowest BCUT2D eigenvalue weighted by atomic mass is 9.95. The number of aliphatic imine (C=N–C) groups is 1. The fourth-order valence-electron chi connectivity index (χ4n) is 4.12. The summed E-state index contributed by atoms with van der Waals surface area (Å²) in [5, 5.41) is 11.1. The van der Waals surface area contributed by atoms with Crippen molar-refractivity contribution in [3.63, 3.8) is 0 Å². The molecule has 0 N–H and O–H groups in total. The van der Waals surface area contributed by atoms with Crippen molar-refractivity contribution in [2.45, 2.75) is 10.9 Å². The van der Waals surface area contributed by atoms with E-state index in [-0.39, 0.29) is 10.6 Å². The Balaban J connectivity index is 1.73. The lowest BCUT2D eigenvalue weighted by molar-refractivity contribution is -0.384. The van der Waals surface area contributed by atoms with Crippen LogP contribution in [0.15, 0.2) is 131 Å². The average molecular weight is 496 g/mol. The van der Waals surface area contributed by atoms with Gasteiger partial charge in [0.15, 0.2) is 0 Å². The highest BCUT2D eigenvalue weighted by Crippen LogP contribution is 2.38. The fourth-order valence-corrected chi connectivity index (χ4v) is 5.59. The molecule has 0 aromatic heterocycles. The van der Waals surface area contributed by atoms with Crippen LogP contribution in [0.25, 0.3) is 5.70 Å². The zero-order valence-corrected chi connectivity index (χ0v) is 19.8. The molecule has 1 aliphatic heterocycles. The molecule has 1 heterocycles. The van der Waals surface area contributed by atoms with E-state index in [1.165, 1.54) is 34.8 Å². The number of nitro benzene ring substituents is 1. The predicted molar refractivity (Wildman–Crippen MR) is 139 cm³/mol. The Morgan fingerprint density at radius 3 is 1.81 bits per heavy atom. The van der Waals surface area contributed by atoms with E-state index in [2.05, 4.69) is 0 Å². The third-order valence-electron chi connectivity index (χ3n) is 5.88. The zero-order valence-electron chi connectivity index (χ0n) is 19.0. The molecule has 5 rings (SSSR count). The molecule has 8 heteroatoms. The molecule has 1 atom stereocenters. The van der Waals surface area contributed by atoms with Crippen LogP contribution >= 0.6 is 0 Å². The van der Waals surface area contributed by atoms with Crippen LogP contribution in [0.4, 0.5) is 5.69 Å². The van der Waals surface area contributed by atoms with Crippen LogP contribution in [0.2, 0.25) is 0 Å². The highest BCUT2D eigenvalue weighted by atomic mass is 32.2. The topological polar surface area (TPSA) is 92.9 Å².